The summed E-state index contributed by atoms with van der Waals surface area (Å²) in [6, 6.07) is 0. The van der Waals surface area contributed by atoms with Crippen molar-refractivity contribution in [1.29, 1.82) is 0 Å². The topological polar surface area (TPSA) is 24.4 Å². The summed E-state index contributed by atoms with van der Waals surface area (Å²) < 4.78 is 0. The molecule has 2 heteroatoms. The van der Waals surface area contributed by atoms with Crippen molar-refractivity contribution < 1.29 is 0 Å². The molecule has 128 valence electrons. The molecular weight excluding hydrogens is 280 g/mol. The molecule has 2 nitrogen and oxygen atoms in total. The summed E-state index contributed by atoms with van der Waals surface area (Å²) in [5.74, 6) is 3.60. The van der Waals surface area contributed by atoms with E-state index in [0.29, 0.717) is 10.8 Å². The van der Waals surface area contributed by atoms with Crippen LogP contribution in [-0.2, 0) is 0 Å². The number of rotatable bonds is 1. The molecule has 0 saturated heterocycles. The summed E-state index contributed by atoms with van der Waals surface area (Å²) in [6.45, 7) is 7.57. The van der Waals surface area contributed by atoms with Gasteiger partial charge in [0.15, 0.2) is 0 Å². The van der Waals surface area contributed by atoms with E-state index in [4.69, 9.17) is 0 Å². The van der Waals surface area contributed by atoms with Crippen molar-refractivity contribution >= 4 is 5.71 Å². The summed E-state index contributed by atoms with van der Waals surface area (Å²) in [6.07, 6.45) is 13.6. The Morgan fingerprint density at radius 1 is 1.09 bits per heavy atom. The van der Waals surface area contributed by atoms with Gasteiger partial charge in [-0.1, -0.05) is 32.4 Å². The first-order valence-electron chi connectivity index (χ1n) is 9.92. The maximum absolute atomic E-state index is 4.68. The van der Waals surface area contributed by atoms with Crippen LogP contribution >= 0.6 is 0 Å². The Morgan fingerprint density at radius 2 is 1.83 bits per heavy atom. The third-order valence-corrected chi connectivity index (χ3v) is 8.34. The highest BCUT2D eigenvalue weighted by Gasteiger charge is 2.57. The number of hydrazone groups is 1. The molecule has 4 aliphatic carbocycles. The molecular formula is C21H34N2. The van der Waals surface area contributed by atoms with Crippen LogP contribution in [0, 0.1) is 34.5 Å². The van der Waals surface area contributed by atoms with Crippen molar-refractivity contribution in [2.24, 2.45) is 39.6 Å². The molecule has 3 unspecified atom stereocenters. The molecule has 23 heavy (non-hydrogen) atoms. The lowest BCUT2D eigenvalue weighted by Crippen LogP contribution is -2.50. The van der Waals surface area contributed by atoms with Gasteiger partial charge in [0.2, 0.25) is 0 Å². The normalized spacial score (nSPS) is 50.8. The zero-order valence-corrected chi connectivity index (χ0v) is 15.5. The average Bonchev–Trinajstić information content (AvgIpc) is 2.85. The van der Waals surface area contributed by atoms with Crippen molar-refractivity contribution in [2.45, 2.75) is 72.1 Å². The van der Waals surface area contributed by atoms with Gasteiger partial charge in [0.1, 0.15) is 0 Å². The lowest BCUT2D eigenvalue weighted by Gasteiger charge is -2.57. The van der Waals surface area contributed by atoms with Crippen LogP contribution in [0.2, 0.25) is 0 Å². The largest absolute Gasteiger partial charge is 0.313 e. The third-order valence-electron chi connectivity index (χ3n) is 8.34. The molecule has 0 aromatic rings. The number of allylic oxidation sites excluding steroid dienone is 2. The fourth-order valence-corrected chi connectivity index (χ4v) is 6.95. The van der Waals surface area contributed by atoms with Gasteiger partial charge in [0.25, 0.3) is 0 Å². The molecule has 1 N–H and O–H groups in total. The SMILES string of the molecule is CN/N=C1\CCC2C3CC=C4C[C@@H](C)CC[C@]4(C)C3CC[C@]12C. The van der Waals surface area contributed by atoms with Crippen molar-refractivity contribution in [2.75, 3.05) is 7.05 Å². The second-order valence-electron chi connectivity index (χ2n) is 9.38. The number of hydrogen-bond donors (Lipinski definition) is 1. The highest BCUT2D eigenvalue weighted by molar-refractivity contribution is 5.92. The van der Waals surface area contributed by atoms with Gasteiger partial charge < -0.3 is 5.43 Å². The summed E-state index contributed by atoms with van der Waals surface area (Å²) in [7, 11) is 1.95. The first-order valence-corrected chi connectivity index (χ1v) is 9.92. The maximum Gasteiger partial charge on any atom is 0.0440 e. The minimum atomic E-state index is 0.369. The molecule has 4 rings (SSSR count). The van der Waals surface area contributed by atoms with Gasteiger partial charge in [-0.3, -0.25) is 0 Å². The Hall–Kier alpha value is -0.790. The quantitative estimate of drug-likeness (QED) is 0.524. The zero-order chi connectivity index (χ0) is 16.2. The molecule has 0 spiro atoms. The lowest BCUT2D eigenvalue weighted by atomic mass is 9.47. The van der Waals surface area contributed by atoms with E-state index < -0.39 is 0 Å². The minimum Gasteiger partial charge on any atom is -0.313 e. The lowest BCUT2D eigenvalue weighted by molar-refractivity contribution is -0.0103. The fraction of sp³-hybridized carbons (Fsp3) is 0.857. The Bertz CT molecular complexity index is 548. The van der Waals surface area contributed by atoms with E-state index in [0.717, 1.165) is 23.7 Å². The molecule has 6 atom stereocenters. The van der Waals surface area contributed by atoms with E-state index in [1.165, 1.54) is 57.1 Å². The Labute approximate surface area is 142 Å². The second kappa shape index (κ2) is 5.36. The van der Waals surface area contributed by atoms with Gasteiger partial charge in [-0.15, -0.1) is 0 Å². The van der Waals surface area contributed by atoms with Crippen LogP contribution in [0.3, 0.4) is 0 Å². The molecule has 0 amide bonds. The van der Waals surface area contributed by atoms with Crippen LogP contribution in [0.5, 0.6) is 0 Å². The van der Waals surface area contributed by atoms with E-state index in [9.17, 15) is 0 Å². The molecule has 3 saturated carbocycles. The van der Waals surface area contributed by atoms with Crippen LogP contribution < -0.4 is 5.43 Å². The highest BCUT2D eigenvalue weighted by atomic mass is 15.3. The number of nitrogens with one attached hydrogen (secondary N) is 1. The first-order chi connectivity index (χ1) is 11.0. The predicted octanol–water partition coefficient (Wildman–Crippen LogP) is 5.16. The van der Waals surface area contributed by atoms with Crippen molar-refractivity contribution in [3.05, 3.63) is 11.6 Å². The summed E-state index contributed by atoms with van der Waals surface area (Å²) >= 11 is 0. The third kappa shape index (κ3) is 2.16. The molecule has 0 bridgehead atoms. The average molecular weight is 315 g/mol. The number of hydrogen-bond acceptors (Lipinski definition) is 2. The van der Waals surface area contributed by atoms with Crippen molar-refractivity contribution in [1.82, 2.24) is 5.43 Å². The van der Waals surface area contributed by atoms with Gasteiger partial charge in [0.05, 0.1) is 0 Å². The van der Waals surface area contributed by atoms with Crippen LogP contribution in [0.25, 0.3) is 0 Å². The summed E-state index contributed by atoms with van der Waals surface area (Å²) in [5.41, 5.74) is 7.24. The van der Waals surface area contributed by atoms with Crippen LogP contribution in [-0.4, -0.2) is 12.8 Å². The van der Waals surface area contributed by atoms with Gasteiger partial charge in [-0.2, -0.15) is 5.10 Å². The van der Waals surface area contributed by atoms with Gasteiger partial charge in [-0.25, -0.2) is 0 Å². The first kappa shape index (κ1) is 15.7. The molecule has 3 fully saturated rings. The van der Waals surface area contributed by atoms with E-state index in [1.54, 1.807) is 0 Å². The Kier molecular flexibility index (Phi) is 3.66. The molecule has 0 aromatic heterocycles. The Balaban J connectivity index is 1.66. The zero-order valence-electron chi connectivity index (χ0n) is 15.5. The molecule has 0 aliphatic heterocycles. The van der Waals surface area contributed by atoms with Gasteiger partial charge in [0, 0.05) is 18.2 Å². The van der Waals surface area contributed by atoms with Crippen LogP contribution in [0.4, 0.5) is 0 Å². The Morgan fingerprint density at radius 3 is 2.61 bits per heavy atom. The van der Waals surface area contributed by atoms with E-state index in [2.05, 4.69) is 37.4 Å². The monoisotopic (exact) mass is 314 g/mol. The second-order valence-corrected chi connectivity index (χ2v) is 9.38. The molecule has 4 aliphatic rings. The van der Waals surface area contributed by atoms with E-state index >= 15 is 0 Å². The molecule has 0 radical (unpaired) electrons. The van der Waals surface area contributed by atoms with Crippen molar-refractivity contribution in [3.8, 4) is 0 Å². The number of nitrogens with zero attached hydrogens (tertiary/aromatic N) is 1. The highest BCUT2D eigenvalue weighted by Crippen LogP contribution is 2.64. The number of fused-ring (bicyclic) bond motifs is 5. The van der Waals surface area contributed by atoms with E-state index in [1.807, 2.05) is 12.6 Å². The van der Waals surface area contributed by atoms with Gasteiger partial charge >= 0.3 is 0 Å². The molecule has 0 heterocycles. The summed E-state index contributed by atoms with van der Waals surface area (Å²) in [4.78, 5) is 0. The van der Waals surface area contributed by atoms with Crippen LogP contribution in [0.1, 0.15) is 72.1 Å². The fourth-order valence-electron chi connectivity index (χ4n) is 6.95. The molecule has 0 aromatic carbocycles. The standard InChI is InChI=1S/C21H34N2/c1-14-9-11-20(2)15(13-14)5-6-16-17-7-8-19(23-22-4)21(17,3)12-10-18(16)20/h5,14,16-18,22H,6-13H2,1-4H3/b23-19+/t14-,16?,17?,18?,20-,21-/m0/s1. The smallest absolute Gasteiger partial charge is 0.0440 e. The summed E-state index contributed by atoms with van der Waals surface area (Å²) in [5, 5.41) is 4.68. The minimum absolute atomic E-state index is 0.369. The van der Waals surface area contributed by atoms with Crippen molar-refractivity contribution in [3.63, 3.8) is 0 Å². The van der Waals surface area contributed by atoms with Crippen LogP contribution in [0.15, 0.2) is 16.8 Å². The van der Waals surface area contributed by atoms with E-state index in [-0.39, 0.29) is 0 Å². The maximum atomic E-state index is 4.68. The van der Waals surface area contributed by atoms with Gasteiger partial charge in [-0.05, 0) is 80.5 Å². The predicted molar refractivity (Wildman–Crippen MR) is 97.4 cm³/mol.